The van der Waals surface area contributed by atoms with Gasteiger partial charge < -0.3 is 19.7 Å². The van der Waals surface area contributed by atoms with Gasteiger partial charge >= 0.3 is 0 Å². The normalized spacial score (nSPS) is 15.1. The van der Waals surface area contributed by atoms with Crippen molar-refractivity contribution in [2.75, 3.05) is 26.4 Å². The third-order valence-corrected chi connectivity index (χ3v) is 1.61. The van der Waals surface area contributed by atoms with Gasteiger partial charge in [0.25, 0.3) is 0 Å². The molecular formula is C10H20O4. The summed E-state index contributed by atoms with van der Waals surface area (Å²) >= 11 is 0. The Kier molecular flexibility index (Phi) is 8.87. The fourth-order valence-corrected chi connectivity index (χ4v) is 0.762. The highest BCUT2D eigenvalue weighted by atomic mass is 16.5. The predicted octanol–water partition coefficient (Wildman–Crippen LogP) is 0.337. The van der Waals surface area contributed by atoms with E-state index in [1.165, 1.54) is 0 Å². The monoisotopic (exact) mass is 204 g/mol. The Labute approximate surface area is 85.1 Å². The smallest absolute Gasteiger partial charge is 0.101 e. The summed E-state index contributed by atoms with van der Waals surface area (Å²) in [6.07, 6.45) is 1.67. The molecule has 4 heteroatoms. The first-order valence-electron chi connectivity index (χ1n) is 4.79. The molecule has 0 aliphatic rings. The fourth-order valence-electron chi connectivity index (χ4n) is 0.762. The maximum Gasteiger partial charge on any atom is 0.101 e. The lowest BCUT2D eigenvalue weighted by Crippen LogP contribution is -2.26. The van der Waals surface area contributed by atoms with Gasteiger partial charge in [-0.25, -0.2) is 0 Å². The summed E-state index contributed by atoms with van der Waals surface area (Å²) in [5.41, 5.74) is 0. The molecule has 0 aliphatic heterocycles. The number of hydrogen-bond donors (Lipinski definition) is 2. The first kappa shape index (κ1) is 13.6. The fraction of sp³-hybridized carbons (Fsp3) is 0.800. The molecule has 0 aromatic rings. The van der Waals surface area contributed by atoms with E-state index in [9.17, 15) is 5.11 Å². The molecule has 0 amide bonds. The van der Waals surface area contributed by atoms with Gasteiger partial charge in [0.2, 0.25) is 0 Å². The van der Waals surface area contributed by atoms with E-state index in [0.29, 0.717) is 6.61 Å². The summed E-state index contributed by atoms with van der Waals surface area (Å²) in [7, 11) is 0. The topological polar surface area (TPSA) is 58.9 Å². The zero-order valence-corrected chi connectivity index (χ0v) is 8.69. The number of aliphatic hydroxyl groups excluding tert-OH is 2. The average molecular weight is 204 g/mol. The number of hydrogen-bond acceptors (Lipinski definition) is 4. The molecule has 0 aromatic heterocycles. The molecule has 2 N–H and O–H groups in total. The predicted molar refractivity (Wildman–Crippen MR) is 54.1 cm³/mol. The molecule has 4 nitrogen and oxygen atoms in total. The van der Waals surface area contributed by atoms with E-state index in [2.05, 4.69) is 6.58 Å². The van der Waals surface area contributed by atoms with Crippen molar-refractivity contribution < 1.29 is 19.7 Å². The van der Waals surface area contributed by atoms with Gasteiger partial charge in [0.05, 0.1) is 32.5 Å². The van der Waals surface area contributed by atoms with Crippen molar-refractivity contribution in [1.82, 2.24) is 0 Å². The van der Waals surface area contributed by atoms with Crippen LogP contribution in [0.5, 0.6) is 0 Å². The molecule has 2 unspecified atom stereocenters. The third kappa shape index (κ3) is 8.19. The van der Waals surface area contributed by atoms with Gasteiger partial charge in [-0.15, -0.1) is 6.58 Å². The Morgan fingerprint density at radius 2 is 2.14 bits per heavy atom. The van der Waals surface area contributed by atoms with Crippen LogP contribution in [0.1, 0.15) is 13.3 Å². The highest BCUT2D eigenvalue weighted by Crippen LogP contribution is 1.94. The molecule has 14 heavy (non-hydrogen) atoms. The molecule has 0 saturated carbocycles. The van der Waals surface area contributed by atoms with Crippen LogP contribution in [0.15, 0.2) is 12.7 Å². The van der Waals surface area contributed by atoms with Gasteiger partial charge in [-0.3, -0.25) is 0 Å². The standard InChI is InChI=1S/C10H20O4/c1-3-4-5-13-7-10(12)8-14-9(2)6-11/h3,9-12H,1,4-8H2,2H3. The van der Waals surface area contributed by atoms with Gasteiger partial charge in [0.1, 0.15) is 6.10 Å². The van der Waals surface area contributed by atoms with E-state index in [-0.39, 0.29) is 25.9 Å². The first-order valence-corrected chi connectivity index (χ1v) is 4.79. The summed E-state index contributed by atoms with van der Waals surface area (Å²) in [5.74, 6) is 0. The zero-order valence-electron chi connectivity index (χ0n) is 8.69. The van der Waals surface area contributed by atoms with E-state index in [4.69, 9.17) is 14.6 Å². The van der Waals surface area contributed by atoms with Crippen LogP contribution in [-0.2, 0) is 9.47 Å². The molecule has 0 aromatic carbocycles. The quantitative estimate of drug-likeness (QED) is 0.420. The van der Waals surface area contributed by atoms with E-state index in [0.717, 1.165) is 6.42 Å². The van der Waals surface area contributed by atoms with Crippen molar-refractivity contribution in [2.45, 2.75) is 25.6 Å². The Morgan fingerprint density at radius 1 is 1.43 bits per heavy atom. The maximum atomic E-state index is 9.34. The van der Waals surface area contributed by atoms with Gasteiger partial charge in [0.15, 0.2) is 0 Å². The lowest BCUT2D eigenvalue weighted by Gasteiger charge is -2.14. The highest BCUT2D eigenvalue weighted by Gasteiger charge is 2.07. The van der Waals surface area contributed by atoms with Crippen molar-refractivity contribution in [1.29, 1.82) is 0 Å². The Morgan fingerprint density at radius 3 is 2.71 bits per heavy atom. The summed E-state index contributed by atoms with van der Waals surface area (Å²) in [6, 6.07) is 0. The largest absolute Gasteiger partial charge is 0.394 e. The first-order chi connectivity index (χ1) is 6.70. The SMILES string of the molecule is C=CCCOCC(O)COC(C)CO. The molecule has 0 heterocycles. The van der Waals surface area contributed by atoms with Crippen molar-refractivity contribution in [3.8, 4) is 0 Å². The Bertz CT molecular complexity index is 138. The Hall–Kier alpha value is -0.420. The maximum absolute atomic E-state index is 9.34. The number of aliphatic hydroxyl groups is 2. The second-order valence-electron chi connectivity index (χ2n) is 3.13. The second kappa shape index (κ2) is 9.15. The molecule has 0 rings (SSSR count). The molecule has 0 aliphatic carbocycles. The third-order valence-electron chi connectivity index (χ3n) is 1.61. The van der Waals surface area contributed by atoms with Gasteiger partial charge in [-0.05, 0) is 13.3 Å². The molecule has 0 saturated heterocycles. The van der Waals surface area contributed by atoms with Crippen LogP contribution in [0, 0.1) is 0 Å². The molecule has 84 valence electrons. The highest BCUT2D eigenvalue weighted by molar-refractivity contribution is 4.65. The van der Waals surface area contributed by atoms with Gasteiger partial charge in [-0.1, -0.05) is 6.08 Å². The molecule has 0 fully saturated rings. The van der Waals surface area contributed by atoms with Crippen LogP contribution in [0.25, 0.3) is 0 Å². The molecule has 0 radical (unpaired) electrons. The lowest BCUT2D eigenvalue weighted by molar-refractivity contribution is -0.0512. The summed E-state index contributed by atoms with van der Waals surface area (Å²) in [5, 5.41) is 18.0. The lowest BCUT2D eigenvalue weighted by atomic mass is 10.4. The van der Waals surface area contributed by atoms with Gasteiger partial charge in [-0.2, -0.15) is 0 Å². The van der Waals surface area contributed by atoms with Crippen LogP contribution in [0.3, 0.4) is 0 Å². The van der Waals surface area contributed by atoms with E-state index in [1.54, 1.807) is 13.0 Å². The Balaban J connectivity index is 3.27. The summed E-state index contributed by atoms with van der Waals surface area (Å²) in [4.78, 5) is 0. The van der Waals surface area contributed by atoms with E-state index >= 15 is 0 Å². The van der Waals surface area contributed by atoms with E-state index < -0.39 is 6.10 Å². The van der Waals surface area contributed by atoms with Crippen molar-refractivity contribution in [3.05, 3.63) is 12.7 Å². The molecule has 2 atom stereocenters. The van der Waals surface area contributed by atoms with Crippen LogP contribution in [-0.4, -0.2) is 48.8 Å². The minimum Gasteiger partial charge on any atom is -0.394 e. The van der Waals surface area contributed by atoms with E-state index in [1.807, 2.05) is 0 Å². The number of rotatable bonds is 9. The van der Waals surface area contributed by atoms with Crippen LogP contribution < -0.4 is 0 Å². The van der Waals surface area contributed by atoms with Gasteiger partial charge in [0, 0.05) is 0 Å². The molecule has 0 bridgehead atoms. The second-order valence-corrected chi connectivity index (χ2v) is 3.13. The van der Waals surface area contributed by atoms with Crippen molar-refractivity contribution >= 4 is 0 Å². The van der Waals surface area contributed by atoms with Crippen LogP contribution in [0.4, 0.5) is 0 Å². The average Bonchev–Trinajstić information content (AvgIpc) is 2.21. The van der Waals surface area contributed by atoms with Crippen molar-refractivity contribution in [2.24, 2.45) is 0 Å². The molecular weight excluding hydrogens is 184 g/mol. The zero-order chi connectivity index (χ0) is 10.8. The minimum absolute atomic E-state index is 0.0377. The van der Waals surface area contributed by atoms with Crippen LogP contribution in [0.2, 0.25) is 0 Å². The summed E-state index contributed by atoms with van der Waals surface area (Å²) in [6.45, 7) is 6.27. The number of ether oxygens (including phenoxy) is 2. The van der Waals surface area contributed by atoms with Crippen molar-refractivity contribution in [3.63, 3.8) is 0 Å². The van der Waals surface area contributed by atoms with Crippen LogP contribution >= 0.6 is 0 Å². The molecule has 0 spiro atoms. The summed E-state index contributed by atoms with van der Waals surface area (Å²) < 4.78 is 10.2. The minimum atomic E-state index is -0.631.